The molecule has 12 heteroatoms. The zero-order valence-electron chi connectivity index (χ0n) is 19.9. The highest BCUT2D eigenvalue weighted by atomic mass is 19.4. The molecule has 3 N–H and O–H groups in total. The van der Waals surface area contributed by atoms with Gasteiger partial charge >= 0.3 is 18.2 Å². The van der Waals surface area contributed by atoms with Crippen LogP contribution in [0.2, 0.25) is 0 Å². The number of piperidine rings is 1. The number of carbonyl (C=O) groups excluding carboxylic acids is 1. The van der Waals surface area contributed by atoms with E-state index < -0.39 is 23.8 Å². The number of halogens is 5. The van der Waals surface area contributed by atoms with Crippen LogP contribution in [0.1, 0.15) is 36.8 Å². The number of alkyl halides is 3. The summed E-state index contributed by atoms with van der Waals surface area (Å²) in [5.74, 6) is -3.17. The molecule has 1 saturated heterocycles. The first kappa shape index (κ1) is 28.2. The van der Waals surface area contributed by atoms with Gasteiger partial charge in [0.15, 0.2) is 0 Å². The first-order valence-corrected chi connectivity index (χ1v) is 11.8. The Morgan fingerprint density at radius 3 is 2.19 bits per heavy atom. The van der Waals surface area contributed by atoms with Crippen LogP contribution < -0.4 is 15.4 Å². The molecule has 1 aliphatic carbocycles. The minimum Gasteiger partial charge on any atom is -0.490 e. The number of nitrogens with zero attached hydrogens (tertiary/aromatic N) is 1. The molecule has 2 amide bonds. The van der Waals surface area contributed by atoms with E-state index in [9.17, 15) is 26.7 Å². The third-order valence-electron chi connectivity index (χ3n) is 5.80. The van der Waals surface area contributed by atoms with E-state index in [4.69, 9.17) is 14.6 Å². The monoisotopic (exact) mass is 529 g/mol. The quantitative estimate of drug-likeness (QED) is 0.456. The van der Waals surface area contributed by atoms with Gasteiger partial charge in [-0.15, -0.1) is 0 Å². The third kappa shape index (κ3) is 9.19. The van der Waals surface area contributed by atoms with Crippen molar-refractivity contribution in [2.45, 2.75) is 57.1 Å². The third-order valence-corrected chi connectivity index (χ3v) is 5.80. The van der Waals surface area contributed by atoms with Gasteiger partial charge in [0.05, 0.1) is 12.6 Å². The van der Waals surface area contributed by atoms with Crippen molar-refractivity contribution in [3.63, 3.8) is 0 Å². The number of rotatable bonds is 7. The van der Waals surface area contributed by atoms with Crippen molar-refractivity contribution >= 4 is 12.0 Å². The van der Waals surface area contributed by atoms with E-state index >= 15 is 0 Å². The normalized spacial score (nSPS) is 15.8. The van der Waals surface area contributed by atoms with E-state index in [0.717, 1.165) is 56.2 Å². The van der Waals surface area contributed by atoms with Crippen molar-refractivity contribution in [2.75, 3.05) is 13.1 Å². The smallest absolute Gasteiger partial charge is 0.490 e. The minimum atomic E-state index is -5.08. The Kier molecular flexibility index (Phi) is 9.67. The summed E-state index contributed by atoms with van der Waals surface area (Å²) in [6, 6.07) is 11.0. The van der Waals surface area contributed by atoms with Crippen LogP contribution in [0, 0.1) is 11.6 Å². The molecule has 2 aromatic carbocycles. The highest BCUT2D eigenvalue weighted by molar-refractivity contribution is 5.74. The van der Waals surface area contributed by atoms with Crippen molar-refractivity contribution in [3.05, 3.63) is 65.2 Å². The fourth-order valence-corrected chi connectivity index (χ4v) is 3.66. The van der Waals surface area contributed by atoms with Crippen molar-refractivity contribution in [1.29, 1.82) is 0 Å². The van der Waals surface area contributed by atoms with Crippen molar-refractivity contribution in [3.8, 4) is 5.75 Å². The molecule has 0 bridgehead atoms. The lowest BCUT2D eigenvalue weighted by Gasteiger charge is -2.35. The van der Waals surface area contributed by atoms with E-state index in [0.29, 0.717) is 18.2 Å². The molecule has 2 fully saturated rings. The Morgan fingerprint density at radius 1 is 1.03 bits per heavy atom. The SMILES string of the molecule is O=C(NCc1ccc(OC2CC2)cc1)N(Cc1ccc(F)cc1F)C1CCNCC1.O=C(O)C(F)(F)F. The van der Waals surface area contributed by atoms with Crippen LogP contribution in [0.4, 0.5) is 26.7 Å². The molecule has 202 valence electrons. The second-order valence-corrected chi connectivity index (χ2v) is 8.77. The molecule has 1 saturated carbocycles. The number of amides is 2. The minimum absolute atomic E-state index is 0.00465. The van der Waals surface area contributed by atoms with Gasteiger partial charge in [-0.3, -0.25) is 0 Å². The van der Waals surface area contributed by atoms with Gasteiger partial charge in [0, 0.05) is 24.2 Å². The second kappa shape index (κ2) is 12.7. The fourth-order valence-electron chi connectivity index (χ4n) is 3.66. The zero-order valence-corrected chi connectivity index (χ0v) is 19.9. The topological polar surface area (TPSA) is 90.9 Å². The lowest BCUT2D eigenvalue weighted by molar-refractivity contribution is -0.192. The number of benzene rings is 2. The zero-order chi connectivity index (χ0) is 27.0. The summed E-state index contributed by atoms with van der Waals surface area (Å²) in [5.41, 5.74) is 1.27. The van der Waals surface area contributed by atoms with Crippen LogP contribution in [0.15, 0.2) is 42.5 Å². The van der Waals surface area contributed by atoms with E-state index in [1.165, 1.54) is 12.1 Å². The molecular weight excluding hydrogens is 501 g/mol. The van der Waals surface area contributed by atoms with Gasteiger partial charge in [-0.05, 0) is 62.5 Å². The second-order valence-electron chi connectivity index (χ2n) is 8.77. The Morgan fingerprint density at radius 2 is 1.65 bits per heavy atom. The maximum atomic E-state index is 14.2. The average molecular weight is 530 g/mol. The van der Waals surface area contributed by atoms with Crippen LogP contribution in [0.25, 0.3) is 0 Å². The number of carboxylic acids is 1. The molecule has 0 spiro atoms. The Balaban J connectivity index is 0.000000479. The molecular formula is C25H28F5N3O4. The predicted molar refractivity (Wildman–Crippen MR) is 124 cm³/mol. The summed E-state index contributed by atoms with van der Waals surface area (Å²) in [4.78, 5) is 23.6. The predicted octanol–water partition coefficient (Wildman–Crippen LogP) is 4.60. The van der Waals surface area contributed by atoms with E-state index in [1.54, 1.807) is 4.90 Å². The van der Waals surface area contributed by atoms with Crippen molar-refractivity contribution in [2.24, 2.45) is 0 Å². The number of hydrogen-bond acceptors (Lipinski definition) is 4. The Labute approximate surface area is 210 Å². The molecule has 4 rings (SSSR count). The number of ether oxygens (including phenoxy) is 1. The first-order valence-electron chi connectivity index (χ1n) is 11.8. The highest BCUT2D eigenvalue weighted by Crippen LogP contribution is 2.26. The molecule has 0 radical (unpaired) electrons. The van der Waals surface area contributed by atoms with Crippen LogP contribution >= 0.6 is 0 Å². The van der Waals surface area contributed by atoms with Gasteiger partial charge in [-0.25, -0.2) is 18.4 Å². The van der Waals surface area contributed by atoms with Crippen LogP contribution in [0.5, 0.6) is 5.75 Å². The highest BCUT2D eigenvalue weighted by Gasteiger charge is 2.38. The summed E-state index contributed by atoms with van der Waals surface area (Å²) < 4.78 is 64.9. The van der Waals surface area contributed by atoms with Gasteiger partial charge in [0.2, 0.25) is 0 Å². The summed E-state index contributed by atoms with van der Waals surface area (Å²) >= 11 is 0. The van der Waals surface area contributed by atoms with Crippen LogP contribution in [-0.4, -0.2) is 53.4 Å². The van der Waals surface area contributed by atoms with Gasteiger partial charge < -0.3 is 25.4 Å². The van der Waals surface area contributed by atoms with Crippen LogP contribution in [0.3, 0.4) is 0 Å². The lowest BCUT2D eigenvalue weighted by Crippen LogP contribution is -2.49. The molecule has 37 heavy (non-hydrogen) atoms. The molecule has 1 heterocycles. The van der Waals surface area contributed by atoms with Crippen molar-refractivity contribution in [1.82, 2.24) is 15.5 Å². The molecule has 0 atom stereocenters. The number of hydrogen-bond donors (Lipinski definition) is 3. The molecule has 1 aliphatic heterocycles. The number of carbonyl (C=O) groups is 2. The number of urea groups is 1. The molecule has 0 aromatic heterocycles. The summed E-state index contributed by atoms with van der Waals surface area (Å²) in [6.45, 7) is 2.10. The number of nitrogens with one attached hydrogen (secondary N) is 2. The fraction of sp³-hybridized carbons (Fsp3) is 0.440. The van der Waals surface area contributed by atoms with Gasteiger partial charge in [0.1, 0.15) is 17.4 Å². The summed E-state index contributed by atoms with van der Waals surface area (Å²) in [5, 5.41) is 13.4. The standard InChI is InChI=1S/C23H27F2N3O2.C2HF3O2/c24-18-4-3-17(22(25)13-18)15-28(19-9-11-26-12-10-19)23(29)27-14-16-1-5-20(6-2-16)30-21-7-8-21;3-2(4,5)1(6)7/h1-6,13,19,21,26H,7-12,14-15H2,(H,27,29);(H,6,7). The van der Waals surface area contributed by atoms with Gasteiger partial charge in [-0.2, -0.15) is 13.2 Å². The van der Waals surface area contributed by atoms with E-state index in [-0.39, 0.29) is 18.6 Å². The molecule has 7 nitrogen and oxygen atoms in total. The Bertz CT molecular complexity index is 1060. The van der Waals surface area contributed by atoms with Crippen molar-refractivity contribution < 1.29 is 41.4 Å². The maximum absolute atomic E-state index is 14.2. The Hall–Kier alpha value is -3.41. The van der Waals surface area contributed by atoms with E-state index in [1.807, 2.05) is 24.3 Å². The lowest BCUT2D eigenvalue weighted by atomic mass is 10.0. The first-order chi connectivity index (χ1) is 17.5. The molecule has 0 unspecified atom stereocenters. The summed E-state index contributed by atoms with van der Waals surface area (Å²) in [7, 11) is 0. The number of carboxylic acid groups (broad SMARTS) is 1. The summed E-state index contributed by atoms with van der Waals surface area (Å²) in [6.07, 6.45) is -0.925. The van der Waals surface area contributed by atoms with Crippen LogP contribution in [-0.2, 0) is 17.9 Å². The van der Waals surface area contributed by atoms with Gasteiger partial charge in [0.25, 0.3) is 0 Å². The molecule has 2 aromatic rings. The largest absolute Gasteiger partial charge is 0.490 e. The number of aliphatic carboxylic acids is 1. The maximum Gasteiger partial charge on any atom is 0.490 e. The van der Waals surface area contributed by atoms with Gasteiger partial charge in [-0.1, -0.05) is 18.2 Å². The average Bonchev–Trinajstić information content (AvgIpc) is 3.67. The van der Waals surface area contributed by atoms with E-state index in [2.05, 4.69) is 10.6 Å². The molecule has 2 aliphatic rings.